The van der Waals surface area contributed by atoms with Gasteiger partial charge in [0.05, 0.1) is 0 Å². The van der Waals surface area contributed by atoms with E-state index in [0.29, 0.717) is 36.9 Å². The molecule has 1 aromatic carbocycles. The number of alkyl carbamates (subject to hydrolysis) is 1. The summed E-state index contributed by atoms with van der Waals surface area (Å²) >= 11 is 0. The maximum absolute atomic E-state index is 13.3. The van der Waals surface area contributed by atoms with Crippen LogP contribution in [0.15, 0.2) is 36.4 Å². The number of primary amides is 1. The maximum Gasteiger partial charge on any atom is 0.407 e. The van der Waals surface area contributed by atoms with Gasteiger partial charge in [0.2, 0.25) is 17.7 Å². The van der Waals surface area contributed by atoms with Gasteiger partial charge in [-0.15, -0.1) is 0 Å². The number of carbonyl (C=O) groups is 8. The van der Waals surface area contributed by atoms with Crippen LogP contribution in [0.25, 0.3) is 0 Å². The van der Waals surface area contributed by atoms with Crippen LogP contribution in [0.4, 0.5) is 15.3 Å². The van der Waals surface area contributed by atoms with Crippen LogP contribution in [0.2, 0.25) is 0 Å². The second-order valence-electron chi connectivity index (χ2n) is 11.3. The fourth-order valence-corrected chi connectivity index (χ4v) is 4.47. The second-order valence-corrected chi connectivity index (χ2v) is 11.3. The van der Waals surface area contributed by atoms with Crippen LogP contribution >= 0.6 is 0 Å². The van der Waals surface area contributed by atoms with Crippen molar-refractivity contribution in [3.05, 3.63) is 42.0 Å². The molecule has 0 saturated heterocycles. The van der Waals surface area contributed by atoms with Gasteiger partial charge in [0.1, 0.15) is 25.2 Å². The highest BCUT2D eigenvalue weighted by atomic mass is 16.5. The van der Waals surface area contributed by atoms with Crippen LogP contribution in [0.5, 0.6) is 0 Å². The number of aliphatic carboxylic acids is 1. The van der Waals surface area contributed by atoms with Crippen molar-refractivity contribution in [2.45, 2.75) is 71.1 Å². The van der Waals surface area contributed by atoms with Crippen LogP contribution in [0.1, 0.15) is 57.9 Å². The van der Waals surface area contributed by atoms with Crippen LogP contribution in [-0.4, -0.2) is 89.4 Å². The minimum absolute atomic E-state index is 0.118. The molecule has 1 aliphatic heterocycles. The van der Waals surface area contributed by atoms with Crippen molar-refractivity contribution in [1.82, 2.24) is 26.2 Å². The van der Waals surface area contributed by atoms with Gasteiger partial charge in [-0.1, -0.05) is 32.4 Å². The number of hydrogen-bond acceptors (Lipinski definition) is 9. The van der Waals surface area contributed by atoms with Crippen molar-refractivity contribution >= 4 is 53.3 Å². The van der Waals surface area contributed by atoms with Gasteiger partial charge in [0.25, 0.3) is 11.8 Å². The Morgan fingerprint density at radius 2 is 1.54 bits per heavy atom. The lowest BCUT2D eigenvalue weighted by Crippen LogP contribution is -2.54. The molecule has 1 aromatic rings. The Bertz CT molecular complexity index is 1350. The van der Waals surface area contributed by atoms with Crippen molar-refractivity contribution < 1.29 is 48.2 Å². The van der Waals surface area contributed by atoms with Crippen LogP contribution in [0.3, 0.4) is 0 Å². The molecule has 8 N–H and O–H groups in total. The highest BCUT2D eigenvalue weighted by molar-refractivity contribution is 6.12. The molecule has 0 bridgehead atoms. The topological polar surface area (TPSA) is 255 Å². The average Bonchev–Trinajstić information content (AvgIpc) is 3.35. The summed E-state index contributed by atoms with van der Waals surface area (Å²) in [5.74, 6) is -3.76. The largest absolute Gasteiger partial charge is 0.480 e. The number of nitrogens with one attached hydrogen (secondary N) is 5. The molecular formula is C31H43N7O10. The average molecular weight is 674 g/mol. The molecule has 0 aromatic heterocycles. The van der Waals surface area contributed by atoms with E-state index in [9.17, 15) is 38.4 Å². The maximum atomic E-state index is 13.3. The van der Waals surface area contributed by atoms with Gasteiger partial charge in [-0.3, -0.25) is 33.7 Å². The Kier molecular flexibility index (Phi) is 16.1. The summed E-state index contributed by atoms with van der Waals surface area (Å²) in [6, 6.07) is 3.53. The first-order chi connectivity index (χ1) is 22.8. The number of carboxylic acid groups (broad SMARTS) is 1. The Labute approximate surface area is 277 Å². The number of imide groups is 1. The molecule has 0 fully saturated rings. The van der Waals surface area contributed by atoms with Gasteiger partial charge < -0.3 is 42.2 Å². The number of nitrogens with two attached hydrogens (primary N) is 1. The third-order valence-corrected chi connectivity index (χ3v) is 7.03. The molecule has 48 heavy (non-hydrogen) atoms. The molecule has 1 aliphatic rings. The van der Waals surface area contributed by atoms with Gasteiger partial charge in [0, 0.05) is 37.3 Å². The molecule has 2 atom stereocenters. The van der Waals surface area contributed by atoms with E-state index in [1.54, 1.807) is 38.1 Å². The summed E-state index contributed by atoms with van der Waals surface area (Å²) in [7, 11) is 0. The molecule has 17 nitrogen and oxygen atoms in total. The number of ether oxygens (including phenoxy) is 1. The lowest BCUT2D eigenvalue weighted by Gasteiger charge is -2.25. The predicted octanol–water partition coefficient (Wildman–Crippen LogP) is 0.495. The zero-order valence-electron chi connectivity index (χ0n) is 26.9. The number of unbranched alkanes of at least 4 members (excludes halogenated alkanes) is 2. The monoisotopic (exact) mass is 673 g/mol. The Morgan fingerprint density at radius 3 is 2.15 bits per heavy atom. The first kappa shape index (κ1) is 38.7. The van der Waals surface area contributed by atoms with E-state index in [2.05, 4.69) is 26.6 Å². The first-order valence-corrected chi connectivity index (χ1v) is 15.5. The molecule has 0 unspecified atom stereocenters. The summed E-state index contributed by atoms with van der Waals surface area (Å²) < 4.78 is 4.94. The molecule has 1 heterocycles. The molecule has 0 radical (unpaired) electrons. The highest BCUT2D eigenvalue weighted by Crippen LogP contribution is 2.13. The van der Waals surface area contributed by atoms with Crippen molar-refractivity contribution in [3.63, 3.8) is 0 Å². The SMILES string of the molecule is CC(C)[C@H](NC(=O)CCCCCN1C(=O)C=CC1=O)C(=O)N[C@@H](CCCNC(N)=O)C(=O)Nc1ccc(COC(=O)NCC(=O)O)cc1. The Morgan fingerprint density at radius 1 is 0.875 bits per heavy atom. The number of rotatable bonds is 20. The molecule has 8 amide bonds. The summed E-state index contributed by atoms with van der Waals surface area (Å²) in [6.45, 7) is 3.17. The summed E-state index contributed by atoms with van der Waals surface area (Å²) in [4.78, 5) is 96.8. The normalized spacial score (nSPS) is 13.4. The molecule has 0 spiro atoms. The molecule has 0 saturated carbocycles. The van der Waals surface area contributed by atoms with Gasteiger partial charge in [-0.25, -0.2) is 9.59 Å². The quantitative estimate of drug-likeness (QED) is 0.0745. The van der Waals surface area contributed by atoms with Gasteiger partial charge >= 0.3 is 18.1 Å². The van der Waals surface area contributed by atoms with Crippen molar-refractivity contribution in [2.24, 2.45) is 11.7 Å². The van der Waals surface area contributed by atoms with E-state index < -0.39 is 48.5 Å². The molecule has 262 valence electrons. The number of carboxylic acids is 1. The summed E-state index contributed by atoms with van der Waals surface area (Å²) in [5.41, 5.74) is 6.05. The zero-order chi connectivity index (χ0) is 35.6. The molecule has 17 heteroatoms. The minimum Gasteiger partial charge on any atom is -0.480 e. The van der Waals surface area contributed by atoms with Gasteiger partial charge in [-0.2, -0.15) is 0 Å². The lowest BCUT2D eigenvalue weighted by atomic mass is 10.0. The van der Waals surface area contributed by atoms with E-state index in [1.165, 1.54) is 12.2 Å². The third kappa shape index (κ3) is 14.3. The van der Waals surface area contributed by atoms with E-state index in [0.717, 1.165) is 4.90 Å². The number of benzene rings is 1. The third-order valence-electron chi connectivity index (χ3n) is 7.03. The van der Waals surface area contributed by atoms with E-state index in [1.807, 2.05) is 0 Å². The van der Waals surface area contributed by atoms with Crippen LogP contribution in [-0.2, 0) is 40.1 Å². The summed E-state index contributed by atoms with van der Waals surface area (Å²) in [6.07, 6.45) is 3.66. The smallest absolute Gasteiger partial charge is 0.407 e. The lowest BCUT2D eigenvalue weighted by molar-refractivity contribution is -0.137. The molecular weight excluding hydrogens is 630 g/mol. The second kappa shape index (κ2) is 19.9. The Hall–Kier alpha value is -5.48. The van der Waals surface area contributed by atoms with Gasteiger partial charge in [0.15, 0.2) is 0 Å². The van der Waals surface area contributed by atoms with Crippen molar-refractivity contribution in [2.75, 3.05) is 25.0 Å². The fraction of sp³-hybridized carbons (Fsp3) is 0.484. The van der Waals surface area contributed by atoms with E-state index >= 15 is 0 Å². The number of anilines is 1. The van der Waals surface area contributed by atoms with Crippen molar-refractivity contribution in [1.29, 1.82) is 0 Å². The zero-order valence-corrected chi connectivity index (χ0v) is 26.9. The Balaban J connectivity index is 1.93. The molecule has 0 aliphatic carbocycles. The van der Waals surface area contributed by atoms with Gasteiger partial charge in [-0.05, 0) is 49.3 Å². The van der Waals surface area contributed by atoms with E-state index in [4.69, 9.17) is 15.6 Å². The number of amides is 8. The molecule has 2 rings (SSSR count). The summed E-state index contributed by atoms with van der Waals surface area (Å²) in [5, 5.41) is 21.2. The standard InChI is InChI=1S/C31H43N7O10/c1-19(2)27(37-23(39)8-4-3-5-16-38-24(40)13-14-25(38)41)29(45)36-22(7-6-15-33-30(32)46)28(44)35-21-11-9-20(10-12-21)18-48-31(47)34-17-26(42)43/h9-14,19,22,27H,3-8,15-18H2,1-2H3,(H,34,47)(H,35,44)(H,36,45)(H,37,39)(H,42,43)(H3,32,33,46)/t22-,27-/m0/s1. The highest BCUT2D eigenvalue weighted by Gasteiger charge is 2.29. The van der Waals surface area contributed by atoms with Crippen LogP contribution in [0, 0.1) is 5.92 Å². The number of carbonyl (C=O) groups excluding carboxylic acids is 7. The number of urea groups is 1. The first-order valence-electron chi connectivity index (χ1n) is 15.5. The minimum atomic E-state index is -1.22. The number of nitrogens with zero attached hydrogens (tertiary/aromatic N) is 1. The number of hydrogen-bond donors (Lipinski definition) is 7. The van der Waals surface area contributed by atoms with E-state index in [-0.39, 0.29) is 56.2 Å². The predicted molar refractivity (Wildman–Crippen MR) is 171 cm³/mol. The van der Waals surface area contributed by atoms with Crippen molar-refractivity contribution in [3.8, 4) is 0 Å². The van der Waals surface area contributed by atoms with Crippen LogP contribution < -0.4 is 32.3 Å². The fourth-order valence-electron chi connectivity index (χ4n) is 4.47.